The van der Waals surface area contributed by atoms with Crippen molar-refractivity contribution < 1.29 is 0 Å². The SMILES string of the molecule is CNC(C1CCC(C)CC1)C1(N(C)C)CCCC(C)C1. The van der Waals surface area contributed by atoms with Gasteiger partial charge in [0.25, 0.3) is 0 Å². The molecule has 0 amide bonds. The Kier molecular flexibility index (Phi) is 5.53. The molecule has 2 aliphatic carbocycles. The largest absolute Gasteiger partial charge is 0.315 e. The van der Waals surface area contributed by atoms with Crippen molar-refractivity contribution in [2.45, 2.75) is 76.8 Å². The Morgan fingerprint density at radius 1 is 1.00 bits per heavy atom. The van der Waals surface area contributed by atoms with Crippen LogP contribution < -0.4 is 5.32 Å². The number of hydrogen-bond donors (Lipinski definition) is 1. The topological polar surface area (TPSA) is 15.3 Å². The number of nitrogens with one attached hydrogen (secondary N) is 1. The van der Waals surface area contributed by atoms with Crippen molar-refractivity contribution >= 4 is 0 Å². The molecule has 0 aromatic heterocycles. The molecule has 0 aromatic rings. The van der Waals surface area contributed by atoms with Crippen LogP contribution in [-0.2, 0) is 0 Å². The fourth-order valence-electron chi connectivity index (χ4n) is 5.09. The summed E-state index contributed by atoms with van der Waals surface area (Å²) >= 11 is 0. The first-order valence-corrected chi connectivity index (χ1v) is 8.84. The van der Waals surface area contributed by atoms with Crippen LogP contribution in [0, 0.1) is 17.8 Å². The van der Waals surface area contributed by atoms with Gasteiger partial charge in [-0.25, -0.2) is 0 Å². The first-order chi connectivity index (χ1) is 9.49. The molecular formula is C18H36N2. The van der Waals surface area contributed by atoms with Crippen LogP contribution in [0.1, 0.15) is 65.2 Å². The van der Waals surface area contributed by atoms with Crippen molar-refractivity contribution in [2.75, 3.05) is 21.1 Å². The molecule has 2 rings (SSSR count). The van der Waals surface area contributed by atoms with Crippen LogP contribution in [0.15, 0.2) is 0 Å². The zero-order valence-electron chi connectivity index (χ0n) is 14.4. The van der Waals surface area contributed by atoms with E-state index >= 15 is 0 Å². The fraction of sp³-hybridized carbons (Fsp3) is 1.00. The van der Waals surface area contributed by atoms with Gasteiger partial charge >= 0.3 is 0 Å². The van der Waals surface area contributed by atoms with Crippen molar-refractivity contribution in [3.05, 3.63) is 0 Å². The highest BCUT2D eigenvalue weighted by atomic mass is 15.2. The van der Waals surface area contributed by atoms with Gasteiger partial charge < -0.3 is 10.2 Å². The molecule has 2 saturated carbocycles. The Bertz CT molecular complexity index is 294. The maximum absolute atomic E-state index is 3.76. The Hall–Kier alpha value is -0.0800. The summed E-state index contributed by atoms with van der Waals surface area (Å²) in [5.74, 6) is 2.71. The minimum absolute atomic E-state index is 0.387. The molecule has 0 spiro atoms. The molecule has 0 saturated heterocycles. The van der Waals surface area contributed by atoms with Crippen LogP contribution in [-0.4, -0.2) is 37.6 Å². The van der Waals surface area contributed by atoms with E-state index in [0.717, 1.165) is 17.8 Å². The van der Waals surface area contributed by atoms with Gasteiger partial charge in [0.2, 0.25) is 0 Å². The van der Waals surface area contributed by atoms with Gasteiger partial charge in [-0.1, -0.05) is 39.5 Å². The monoisotopic (exact) mass is 280 g/mol. The van der Waals surface area contributed by atoms with Crippen molar-refractivity contribution in [1.29, 1.82) is 0 Å². The Morgan fingerprint density at radius 2 is 1.65 bits per heavy atom. The summed E-state index contributed by atoms with van der Waals surface area (Å²) in [6, 6.07) is 0.674. The van der Waals surface area contributed by atoms with E-state index < -0.39 is 0 Å². The molecule has 0 aliphatic heterocycles. The molecule has 20 heavy (non-hydrogen) atoms. The maximum atomic E-state index is 3.76. The fourth-order valence-corrected chi connectivity index (χ4v) is 5.09. The number of likely N-dealkylation sites (N-methyl/N-ethyl adjacent to an activating group) is 2. The second kappa shape index (κ2) is 6.79. The lowest BCUT2D eigenvalue weighted by Gasteiger charge is -2.53. The van der Waals surface area contributed by atoms with Crippen LogP contribution in [0.25, 0.3) is 0 Å². The molecule has 2 nitrogen and oxygen atoms in total. The van der Waals surface area contributed by atoms with E-state index in [-0.39, 0.29) is 0 Å². The third kappa shape index (κ3) is 3.22. The predicted octanol–water partition coefficient (Wildman–Crippen LogP) is 3.91. The Balaban J connectivity index is 2.16. The smallest absolute Gasteiger partial charge is 0.0361 e. The predicted molar refractivity (Wildman–Crippen MR) is 88.0 cm³/mol. The molecule has 0 radical (unpaired) electrons. The van der Waals surface area contributed by atoms with Crippen molar-refractivity contribution in [2.24, 2.45) is 17.8 Å². The molecule has 0 aromatic carbocycles. The highest BCUT2D eigenvalue weighted by molar-refractivity contribution is 5.04. The van der Waals surface area contributed by atoms with E-state index in [1.807, 2.05) is 0 Å². The molecule has 2 heteroatoms. The van der Waals surface area contributed by atoms with E-state index in [4.69, 9.17) is 0 Å². The van der Waals surface area contributed by atoms with Crippen molar-refractivity contribution in [3.8, 4) is 0 Å². The van der Waals surface area contributed by atoms with Gasteiger partial charge in [-0.2, -0.15) is 0 Å². The normalized spacial score (nSPS) is 40.8. The molecule has 0 bridgehead atoms. The van der Waals surface area contributed by atoms with Crippen LogP contribution in [0.5, 0.6) is 0 Å². The second-order valence-corrected chi connectivity index (χ2v) is 7.99. The molecule has 0 heterocycles. The third-order valence-corrected chi connectivity index (χ3v) is 6.32. The van der Waals surface area contributed by atoms with Gasteiger partial charge in [0, 0.05) is 11.6 Å². The summed E-state index contributed by atoms with van der Waals surface area (Å²) in [5.41, 5.74) is 0.387. The molecule has 118 valence electrons. The summed E-state index contributed by atoms with van der Waals surface area (Å²) in [7, 11) is 6.83. The summed E-state index contributed by atoms with van der Waals surface area (Å²) < 4.78 is 0. The molecule has 3 unspecified atom stereocenters. The second-order valence-electron chi connectivity index (χ2n) is 7.99. The van der Waals surface area contributed by atoms with Gasteiger partial charge in [-0.05, 0) is 64.6 Å². The highest BCUT2D eigenvalue weighted by Crippen LogP contribution is 2.43. The summed E-state index contributed by atoms with van der Waals surface area (Å²) in [5, 5.41) is 3.76. The number of hydrogen-bond acceptors (Lipinski definition) is 2. The van der Waals surface area contributed by atoms with E-state index in [2.05, 4.69) is 45.2 Å². The summed E-state index contributed by atoms with van der Waals surface area (Å²) in [4.78, 5) is 2.56. The zero-order valence-corrected chi connectivity index (χ0v) is 14.4. The first kappa shape index (κ1) is 16.3. The third-order valence-electron chi connectivity index (χ3n) is 6.32. The van der Waals surface area contributed by atoms with Gasteiger partial charge in [0.05, 0.1) is 0 Å². The summed E-state index contributed by atoms with van der Waals surface area (Å²) in [6.45, 7) is 4.88. The molecule has 3 atom stereocenters. The van der Waals surface area contributed by atoms with E-state index in [1.54, 1.807) is 0 Å². The van der Waals surface area contributed by atoms with Crippen LogP contribution in [0.2, 0.25) is 0 Å². The lowest BCUT2D eigenvalue weighted by atomic mass is 9.65. The lowest BCUT2D eigenvalue weighted by molar-refractivity contribution is 0.00856. The van der Waals surface area contributed by atoms with Crippen LogP contribution >= 0.6 is 0 Å². The molecule has 2 fully saturated rings. The quantitative estimate of drug-likeness (QED) is 0.840. The van der Waals surface area contributed by atoms with E-state index in [9.17, 15) is 0 Å². The number of rotatable bonds is 4. The average Bonchev–Trinajstić information content (AvgIpc) is 2.41. The van der Waals surface area contributed by atoms with Gasteiger partial charge in [0.15, 0.2) is 0 Å². The van der Waals surface area contributed by atoms with Crippen molar-refractivity contribution in [3.63, 3.8) is 0 Å². The maximum Gasteiger partial charge on any atom is 0.0361 e. The lowest BCUT2D eigenvalue weighted by Crippen LogP contribution is -2.63. The molecule has 2 aliphatic rings. The standard InChI is InChI=1S/C18H36N2/c1-14-8-10-16(11-9-14)17(19-3)18(20(4)5)12-6-7-15(2)13-18/h14-17,19H,6-13H2,1-5H3. The Labute approximate surface area is 126 Å². The minimum Gasteiger partial charge on any atom is -0.315 e. The Morgan fingerprint density at radius 3 is 2.15 bits per heavy atom. The average molecular weight is 280 g/mol. The highest BCUT2D eigenvalue weighted by Gasteiger charge is 2.46. The van der Waals surface area contributed by atoms with E-state index in [0.29, 0.717) is 11.6 Å². The van der Waals surface area contributed by atoms with E-state index in [1.165, 1.54) is 51.4 Å². The van der Waals surface area contributed by atoms with Crippen molar-refractivity contribution in [1.82, 2.24) is 10.2 Å². The zero-order chi connectivity index (χ0) is 14.8. The molecular weight excluding hydrogens is 244 g/mol. The molecule has 1 N–H and O–H groups in total. The van der Waals surface area contributed by atoms with Gasteiger partial charge in [-0.3, -0.25) is 0 Å². The van der Waals surface area contributed by atoms with Crippen LogP contribution in [0.4, 0.5) is 0 Å². The first-order valence-electron chi connectivity index (χ1n) is 8.84. The number of nitrogens with zero attached hydrogens (tertiary/aromatic N) is 1. The minimum atomic E-state index is 0.387. The van der Waals surface area contributed by atoms with Crippen LogP contribution in [0.3, 0.4) is 0 Å². The van der Waals surface area contributed by atoms with Gasteiger partial charge in [-0.15, -0.1) is 0 Å². The van der Waals surface area contributed by atoms with Gasteiger partial charge in [0.1, 0.15) is 0 Å². The summed E-state index contributed by atoms with van der Waals surface area (Å²) in [6.07, 6.45) is 11.3.